The highest BCUT2D eigenvalue weighted by atomic mass is 127. The zero-order valence-electron chi connectivity index (χ0n) is 7.28. The van der Waals surface area contributed by atoms with Crippen molar-refractivity contribution < 1.29 is 0 Å². The molecule has 0 heterocycles. The molecule has 1 rings (SSSR count). The predicted molar refractivity (Wildman–Crippen MR) is 90.2 cm³/mol. The molecule has 0 aliphatic rings. The highest BCUT2D eigenvalue weighted by Crippen LogP contribution is 2.59. The van der Waals surface area contributed by atoms with Crippen LogP contribution in [-0.2, 0) is 5.33 Å². The van der Waals surface area contributed by atoms with Crippen LogP contribution in [-0.4, -0.2) is 0 Å². The van der Waals surface area contributed by atoms with Crippen LogP contribution in [0.4, 0.5) is 0 Å². The zero-order chi connectivity index (χ0) is 11.1. The van der Waals surface area contributed by atoms with E-state index in [0.29, 0.717) is 0 Å². The molecule has 1 aromatic rings. The summed E-state index contributed by atoms with van der Waals surface area (Å²) < 4.78 is 1.12. The quantitative estimate of drug-likeness (QED) is 0.193. The van der Waals surface area contributed by atoms with Crippen LogP contribution in [0.5, 0.6) is 0 Å². The van der Waals surface area contributed by atoms with Crippen molar-refractivity contribution in [1.82, 2.24) is 0 Å². The minimum Gasteiger partial charge on any atom is -0.0876 e. The van der Waals surface area contributed by atoms with Crippen LogP contribution in [0.1, 0.15) is 11.1 Å². The predicted octanol–water partition coefficient (Wildman–Crippen LogP) is 6.89. The molecular weight excluding hydrogens is 574 g/mol. The molecule has 0 aliphatic heterocycles. The van der Waals surface area contributed by atoms with Crippen LogP contribution in [0, 0.1) is 10.5 Å². The largest absolute Gasteiger partial charge is 0.103 e. The van der Waals surface area contributed by atoms with Gasteiger partial charge in [-0.25, -0.2) is 0 Å². The first-order valence-corrected chi connectivity index (χ1v) is 13.2. The summed E-state index contributed by atoms with van der Waals surface area (Å²) in [4.78, 5) is 0. The number of benzene rings is 1. The third-order valence-corrected chi connectivity index (χ3v) is 2.73. The van der Waals surface area contributed by atoms with Gasteiger partial charge in [-0.05, 0) is 99.2 Å². The number of alkyl halides is 1. The van der Waals surface area contributed by atoms with Gasteiger partial charge in [0.1, 0.15) is 4.03 Å². The number of halogens is 5. The molecule has 0 aliphatic carbocycles. The fourth-order valence-electron chi connectivity index (χ4n) is 0.784. The average molecular weight is 582 g/mol. The minimum atomic E-state index is -0.183. The van der Waals surface area contributed by atoms with Crippen LogP contribution >= 0.6 is 89.0 Å². The second-order valence-corrected chi connectivity index (χ2v) is 19.5. The van der Waals surface area contributed by atoms with E-state index in [9.17, 15) is 0 Å². The van der Waals surface area contributed by atoms with Gasteiger partial charge < -0.3 is 0 Å². The first kappa shape index (κ1) is 16.3. The molecule has 0 N–H and O–H groups in total. The molecule has 0 amide bonds. The molecule has 0 aromatic heterocycles. The molecule has 1 aromatic carbocycles. The van der Waals surface area contributed by atoms with Crippen LogP contribution in [0.2, 0.25) is 0 Å². The van der Waals surface area contributed by atoms with E-state index in [1.807, 2.05) is 0 Å². The summed E-state index contributed by atoms with van der Waals surface area (Å²) in [7, 11) is 0. The van der Waals surface area contributed by atoms with Gasteiger partial charge in [0, 0.05) is 8.90 Å². The molecule has 0 radical (unpaired) electrons. The van der Waals surface area contributed by atoms with Crippen molar-refractivity contribution in [2.75, 3.05) is 0 Å². The van der Waals surface area contributed by atoms with Crippen LogP contribution in [0.3, 0.4) is 0 Å². The average Bonchev–Trinajstić information content (AvgIpc) is 2.08. The Balaban J connectivity index is 0.000000364. The molecule has 0 unspecified atom stereocenters. The van der Waals surface area contributed by atoms with E-state index >= 15 is 0 Å². The summed E-state index contributed by atoms with van der Waals surface area (Å²) in [5.41, 5.74) is 2.74. The number of hydrogen-bond donors (Lipinski definition) is 0. The lowest BCUT2D eigenvalue weighted by molar-refractivity contribution is 1.31. The summed E-state index contributed by atoms with van der Waals surface area (Å²) in [6, 6.07) is 6.48. The van der Waals surface area contributed by atoms with Crippen molar-refractivity contribution in [2.24, 2.45) is 0 Å². The number of aryl methyl sites for hydroxylation is 1. The second-order valence-electron chi connectivity index (χ2n) is 2.40. The smallest absolute Gasteiger partial charge is 0.0876 e. The fraction of sp³-hybridized carbons (Fsp3) is 0.250. The molecule has 0 bridgehead atoms. The Kier molecular flexibility index (Phi) is 10.9. The Hall–Kier alpha value is 2.30. The highest BCUT2D eigenvalue weighted by molar-refractivity contribution is 14.1. The Morgan fingerprint density at radius 1 is 1.29 bits per heavy atom. The lowest BCUT2D eigenvalue weighted by Gasteiger charge is -2.00. The van der Waals surface area contributed by atoms with E-state index < -0.39 is 0 Å². The van der Waals surface area contributed by atoms with Crippen LogP contribution < -0.4 is 0 Å². The zero-order valence-corrected chi connectivity index (χ0v) is 16.7. The lowest BCUT2D eigenvalue weighted by atomic mass is 10.1. The van der Waals surface area contributed by atoms with E-state index in [1.165, 1.54) is 14.7 Å². The van der Waals surface area contributed by atoms with Gasteiger partial charge in [0.2, 0.25) is 0 Å². The summed E-state index contributed by atoms with van der Waals surface area (Å²) in [6.07, 6.45) is 0. The Morgan fingerprint density at radius 3 is 2.14 bits per heavy atom. The first-order valence-electron chi connectivity index (χ1n) is 3.55. The molecule has 0 atom stereocenters. The number of hydrogen-bond acceptors (Lipinski definition) is 0. The van der Waals surface area contributed by atoms with Gasteiger partial charge in [0.15, 0.2) is 0 Å². The normalized spacial score (nSPS) is 9.64. The first-order chi connectivity index (χ1) is 6.47. The molecule has 0 fully saturated rings. The maximum atomic E-state index is 3.44. The molecule has 14 heavy (non-hydrogen) atoms. The maximum Gasteiger partial charge on any atom is 0.103 e. The highest BCUT2D eigenvalue weighted by Gasteiger charge is 1.95. The van der Waals surface area contributed by atoms with Gasteiger partial charge >= 0.3 is 0 Å². The van der Waals surface area contributed by atoms with E-state index in [0.717, 1.165) is 5.33 Å². The standard InChI is InChI=1S/C8H8BrI.Br3P/c1-6-2-3-8(10)4-7(6)5-9;1-4(2)3/h2-4H,5H2,1H3;. The van der Waals surface area contributed by atoms with Gasteiger partial charge in [-0.2, -0.15) is 0 Å². The second kappa shape index (κ2) is 9.34. The van der Waals surface area contributed by atoms with Crippen molar-refractivity contribution in [2.45, 2.75) is 12.3 Å². The summed E-state index contributed by atoms with van der Waals surface area (Å²) in [5, 5.41) is 0.954. The SMILES string of the molecule is BrP(Br)Br.Cc1ccc(I)cc1CBr. The van der Waals surface area contributed by atoms with Crippen LogP contribution in [0.25, 0.3) is 0 Å². The van der Waals surface area contributed by atoms with E-state index in [2.05, 4.69) is 110 Å². The van der Waals surface area contributed by atoms with Gasteiger partial charge in [-0.15, -0.1) is 0 Å². The van der Waals surface area contributed by atoms with Crippen molar-refractivity contribution in [3.8, 4) is 0 Å². The topological polar surface area (TPSA) is 0 Å². The summed E-state index contributed by atoms with van der Waals surface area (Å²) in [6.45, 7) is 2.13. The molecule has 0 saturated heterocycles. The Morgan fingerprint density at radius 2 is 1.79 bits per heavy atom. The molecule has 80 valence electrons. The monoisotopic (exact) mass is 578 g/mol. The van der Waals surface area contributed by atoms with E-state index in [-0.39, 0.29) is 4.03 Å². The molecule has 0 nitrogen and oxygen atoms in total. The molecule has 6 heteroatoms. The molecule has 0 saturated carbocycles. The van der Waals surface area contributed by atoms with Crippen molar-refractivity contribution in [3.05, 3.63) is 32.9 Å². The van der Waals surface area contributed by atoms with Crippen molar-refractivity contribution in [3.63, 3.8) is 0 Å². The third kappa shape index (κ3) is 8.45. The summed E-state index contributed by atoms with van der Waals surface area (Å²) >= 11 is 15.3. The Bertz CT molecular complexity index is 277. The lowest BCUT2D eigenvalue weighted by Crippen LogP contribution is -1.84. The number of rotatable bonds is 1. The molecule has 0 spiro atoms. The maximum absolute atomic E-state index is 3.44. The van der Waals surface area contributed by atoms with Gasteiger partial charge in [-0.3, -0.25) is 0 Å². The summed E-state index contributed by atoms with van der Waals surface area (Å²) in [5.74, 6) is 0. The third-order valence-electron chi connectivity index (χ3n) is 1.46. The van der Waals surface area contributed by atoms with Crippen molar-refractivity contribution >= 4 is 89.0 Å². The van der Waals surface area contributed by atoms with Crippen molar-refractivity contribution in [1.29, 1.82) is 0 Å². The molecular formula is C8H8Br4IP. The van der Waals surface area contributed by atoms with Gasteiger partial charge in [-0.1, -0.05) is 22.0 Å². The van der Waals surface area contributed by atoms with Crippen LogP contribution in [0.15, 0.2) is 18.2 Å². The van der Waals surface area contributed by atoms with Gasteiger partial charge in [0.25, 0.3) is 0 Å². The van der Waals surface area contributed by atoms with E-state index in [1.54, 1.807) is 0 Å². The Labute approximate surface area is 132 Å². The fourth-order valence-corrected chi connectivity index (χ4v) is 1.94. The van der Waals surface area contributed by atoms with Gasteiger partial charge in [0.05, 0.1) is 0 Å². The minimum absolute atomic E-state index is 0.183. The van der Waals surface area contributed by atoms with E-state index in [4.69, 9.17) is 0 Å².